The van der Waals surface area contributed by atoms with Crippen molar-refractivity contribution >= 4 is 39.7 Å². The van der Waals surface area contributed by atoms with Crippen molar-refractivity contribution in [2.24, 2.45) is 0 Å². The average molecular weight is 424 g/mol. The van der Waals surface area contributed by atoms with E-state index < -0.39 is 10.0 Å². The highest BCUT2D eigenvalue weighted by molar-refractivity contribution is 7.89. The van der Waals surface area contributed by atoms with E-state index in [9.17, 15) is 13.2 Å². The first-order valence-corrected chi connectivity index (χ1v) is 10.5. The Bertz CT molecular complexity index is 988. The van der Waals surface area contributed by atoms with Gasteiger partial charge in [0.05, 0.1) is 4.90 Å². The van der Waals surface area contributed by atoms with Crippen LogP contribution >= 0.6 is 12.4 Å². The molecule has 0 atom stereocenters. The summed E-state index contributed by atoms with van der Waals surface area (Å²) in [7, 11) is -3.51. The Morgan fingerprint density at radius 2 is 1.82 bits per heavy atom. The van der Waals surface area contributed by atoms with Crippen LogP contribution in [-0.4, -0.2) is 38.3 Å². The molecule has 0 saturated carbocycles. The third kappa shape index (κ3) is 3.87. The number of halogens is 1. The van der Waals surface area contributed by atoms with Gasteiger partial charge < -0.3 is 10.6 Å². The topological polar surface area (TPSA) is 83.7 Å². The second-order valence-corrected chi connectivity index (χ2v) is 8.60. The zero-order valence-electron chi connectivity index (χ0n) is 16.3. The van der Waals surface area contributed by atoms with Gasteiger partial charge in [-0.05, 0) is 54.8 Å². The van der Waals surface area contributed by atoms with Gasteiger partial charge in [0, 0.05) is 36.6 Å². The lowest BCUT2D eigenvalue weighted by atomic mass is 10.1. The second-order valence-electron chi connectivity index (χ2n) is 6.66. The summed E-state index contributed by atoms with van der Waals surface area (Å²) < 4.78 is 26.9. The molecule has 0 aromatic heterocycles. The van der Waals surface area contributed by atoms with Gasteiger partial charge in [-0.1, -0.05) is 19.9 Å². The molecular weight excluding hydrogens is 398 g/mol. The lowest BCUT2D eigenvalue weighted by Gasteiger charge is -2.21. The van der Waals surface area contributed by atoms with E-state index in [2.05, 4.69) is 0 Å². The Morgan fingerprint density at radius 3 is 2.46 bits per heavy atom. The van der Waals surface area contributed by atoms with E-state index in [0.717, 1.165) is 16.8 Å². The van der Waals surface area contributed by atoms with Gasteiger partial charge in [0.25, 0.3) is 5.91 Å². The predicted molar refractivity (Wildman–Crippen MR) is 115 cm³/mol. The Hall–Kier alpha value is -2.09. The number of carbonyl (C=O) groups excluding carboxylic acids is 1. The van der Waals surface area contributed by atoms with Crippen molar-refractivity contribution in [1.29, 1.82) is 0 Å². The Balaban J connectivity index is 0.00000280. The largest absolute Gasteiger partial charge is 0.399 e. The van der Waals surface area contributed by atoms with Gasteiger partial charge in [-0.15, -0.1) is 12.4 Å². The van der Waals surface area contributed by atoms with Gasteiger partial charge in [0.1, 0.15) is 0 Å². The minimum atomic E-state index is -3.51. The van der Waals surface area contributed by atoms with E-state index in [1.165, 1.54) is 4.31 Å². The summed E-state index contributed by atoms with van der Waals surface area (Å²) in [6.45, 7) is 6.90. The standard InChI is InChI=1S/C20H25N3O3S.ClH/c1-4-22(5-2)27(25,26)17-8-9-19-15(12-17)10-11-23(19)20(24)18-13-16(21)7-6-14(18)3;/h6-9,12-13H,4-5,10-11,21H2,1-3H3;1H. The monoisotopic (exact) mass is 423 g/mol. The predicted octanol–water partition coefficient (Wildman–Crippen LogP) is 3.23. The summed E-state index contributed by atoms with van der Waals surface area (Å²) in [6.07, 6.45) is 0.629. The number of nitrogens with zero attached hydrogens (tertiary/aromatic N) is 2. The number of benzene rings is 2. The number of rotatable bonds is 5. The van der Waals surface area contributed by atoms with Gasteiger partial charge in [0.15, 0.2) is 0 Å². The van der Waals surface area contributed by atoms with Gasteiger partial charge in [-0.3, -0.25) is 4.79 Å². The minimum absolute atomic E-state index is 0. The maximum atomic E-state index is 13.0. The first-order valence-electron chi connectivity index (χ1n) is 9.10. The third-order valence-corrected chi connectivity index (χ3v) is 7.07. The van der Waals surface area contributed by atoms with E-state index in [1.807, 2.05) is 26.8 Å². The number of aryl methyl sites for hydroxylation is 1. The normalized spacial score (nSPS) is 13.4. The summed E-state index contributed by atoms with van der Waals surface area (Å²) in [5.74, 6) is -0.113. The summed E-state index contributed by atoms with van der Waals surface area (Å²) in [6, 6.07) is 10.3. The molecule has 0 fully saturated rings. The number of hydrogen-bond acceptors (Lipinski definition) is 4. The first-order chi connectivity index (χ1) is 12.8. The molecule has 1 aliphatic heterocycles. The molecule has 0 unspecified atom stereocenters. The van der Waals surface area contributed by atoms with Gasteiger partial charge in [-0.25, -0.2) is 8.42 Å². The fraction of sp³-hybridized carbons (Fsp3) is 0.350. The number of hydrogen-bond donors (Lipinski definition) is 1. The molecule has 2 aromatic rings. The van der Waals surface area contributed by atoms with Crippen molar-refractivity contribution in [2.75, 3.05) is 30.3 Å². The number of sulfonamides is 1. The van der Waals surface area contributed by atoms with Crippen LogP contribution in [0.15, 0.2) is 41.3 Å². The van der Waals surface area contributed by atoms with Gasteiger partial charge in [0.2, 0.25) is 10.0 Å². The molecule has 1 amide bonds. The van der Waals surface area contributed by atoms with Crippen LogP contribution in [0.5, 0.6) is 0 Å². The third-order valence-electron chi connectivity index (χ3n) is 5.03. The Kier molecular flexibility index (Phi) is 6.75. The fourth-order valence-electron chi connectivity index (χ4n) is 3.48. The number of amides is 1. The van der Waals surface area contributed by atoms with Crippen LogP contribution in [0.2, 0.25) is 0 Å². The van der Waals surface area contributed by atoms with Crippen LogP contribution < -0.4 is 10.6 Å². The number of nitrogens with two attached hydrogens (primary N) is 1. The van der Waals surface area contributed by atoms with E-state index in [4.69, 9.17) is 5.73 Å². The number of fused-ring (bicyclic) bond motifs is 1. The second kappa shape index (κ2) is 8.51. The zero-order chi connectivity index (χ0) is 19.8. The fourth-order valence-corrected chi connectivity index (χ4v) is 4.99. The van der Waals surface area contributed by atoms with Crippen LogP contribution in [0.4, 0.5) is 11.4 Å². The summed E-state index contributed by atoms with van der Waals surface area (Å²) in [4.78, 5) is 15.0. The molecular formula is C20H26ClN3O3S. The molecule has 0 saturated heterocycles. The van der Waals surface area contributed by atoms with Gasteiger partial charge >= 0.3 is 0 Å². The van der Waals surface area contributed by atoms with E-state index in [1.54, 1.807) is 35.2 Å². The first kappa shape index (κ1) is 22.2. The summed E-state index contributed by atoms with van der Waals surface area (Å²) >= 11 is 0. The lowest BCUT2D eigenvalue weighted by Crippen LogP contribution is -2.31. The molecule has 28 heavy (non-hydrogen) atoms. The highest BCUT2D eigenvalue weighted by Gasteiger charge is 2.29. The van der Waals surface area contributed by atoms with Crippen molar-refractivity contribution in [3.05, 3.63) is 53.1 Å². The number of nitrogen functional groups attached to an aromatic ring is 1. The number of carbonyl (C=O) groups is 1. The molecule has 2 aromatic carbocycles. The highest BCUT2D eigenvalue weighted by atomic mass is 35.5. The van der Waals surface area contributed by atoms with Crippen molar-refractivity contribution in [1.82, 2.24) is 4.31 Å². The maximum absolute atomic E-state index is 13.0. The van der Waals surface area contributed by atoms with Crippen LogP contribution in [0.3, 0.4) is 0 Å². The molecule has 2 N–H and O–H groups in total. The van der Waals surface area contributed by atoms with Crippen LogP contribution in [0, 0.1) is 6.92 Å². The summed E-state index contributed by atoms with van der Waals surface area (Å²) in [5.41, 5.74) is 9.46. The smallest absolute Gasteiger partial charge is 0.258 e. The molecule has 0 spiro atoms. The van der Waals surface area contributed by atoms with Crippen molar-refractivity contribution in [2.45, 2.75) is 32.1 Å². The lowest BCUT2D eigenvalue weighted by molar-refractivity contribution is 0.0989. The van der Waals surface area contributed by atoms with Crippen LogP contribution in [0.1, 0.15) is 35.3 Å². The van der Waals surface area contributed by atoms with Crippen molar-refractivity contribution in [3.63, 3.8) is 0 Å². The molecule has 1 aliphatic rings. The molecule has 3 rings (SSSR count). The van der Waals surface area contributed by atoms with Crippen LogP contribution in [-0.2, 0) is 16.4 Å². The molecule has 0 bridgehead atoms. The number of anilines is 2. The Labute approximate surface area is 172 Å². The molecule has 0 aliphatic carbocycles. The van der Waals surface area contributed by atoms with E-state index in [0.29, 0.717) is 37.3 Å². The van der Waals surface area contributed by atoms with Gasteiger partial charge in [-0.2, -0.15) is 4.31 Å². The minimum Gasteiger partial charge on any atom is -0.399 e. The van der Waals surface area contributed by atoms with E-state index in [-0.39, 0.29) is 23.2 Å². The summed E-state index contributed by atoms with van der Waals surface area (Å²) in [5, 5.41) is 0. The quantitative estimate of drug-likeness (QED) is 0.748. The van der Waals surface area contributed by atoms with Crippen molar-refractivity contribution < 1.29 is 13.2 Å². The average Bonchev–Trinajstić information content (AvgIpc) is 3.07. The molecule has 6 nitrogen and oxygen atoms in total. The maximum Gasteiger partial charge on any atom is 0.258 e. The van der Waals surface area contributed by atoms with Crippen LogP contribution in [0.25, 0.3) is 0 Å². The molecule has 8 heteroatoms. The zero-order valence-corrected chi connectivity index (χ0v) is 17.9. The molecule has 152 valence electrons. The molecule has 0 radical (unpaired) electrons. The SMILES string of the molecule is CCN(CC)S(=O)(=O)c1ccc2c(c1)CCN2C(=O)c1cc(N)ccc1C.Cl. The molecule has 1 heterocycles. The van der Waals surface area contributed by atoms with E-state index >= 15 is 0 Å². The Morgan fingerprint density at radius 1 is 1.14 bits per heavy atom. The van der Waals surface area contributed by atoms with Crippen molar-refractivity contribution in [3.8, 4) is 0 Å². The highest BCUT2D eigenvalue weighted by Crippen LogP contribution is 2.32.